The highest BCUT2D eigenvalue weighted by molar-refractivity contribution is 5.22. The van der Waals surface area contributed by atoms with Gasteiger partial charge in [-0.2, -0.15) is 0 Å². The lowest BCUT2D eigenvalue weighted by Crippen LogP contribution is -2.05. The second-order valence-electron chi connectivity index (χ2n) is 4.28. The van der Waals surface area contributed by atoms with E-state index >= 15 is 0 Å². The molecule has 68 valence electrons. The summed E-state index contributed by atoms with van der Waals surface area (Å²) in [7, 11) is 0. The summed E-state index contributed by atoms with van der Waals surface area (Å²) in [5.41, 5.74) is 2.53. The van der Waals surface area contributed by atoms with Crippen LogP contribution in [0.3, 0.4) is 0 Å². The molecule has 13 heavy (non-hydrogen) atoms. The third-order valence-corrected chi connectivity index (χ3v) is 2.92. The molecule has 0 spiro atoms. The van der Waals surface area contributed by atoms with Crippen LogP contribution in [0.1, 0.15) is 48.9 Å². The van der Waals surface area contributed by atoms with Crippen LogP contribution < -0.4 is 5.43 Å². The third-order valence-electron chi connectivity index (χ3n) is 2.92. The highest BCUT2D eigenvalue weighted by atomic mass is 16.1. The first-order chi connectivity index (χ1) is 6.33. The highest BCUT2D eigenvalue weighted by Crippen LogP contribution is 2.42. The summed E-state index contributed by atoms with van der Waals surface area (Å²) in [6.45, 7) is 0. The first kappa shape index (κ1) is 7.36. The smallest absolute Gasteiger partial charge is 0.182 e. The Bertz CT molecular complexity index is 352. The van der Waals surface area contributed by atoms with Crippen LogP contribution in [0.5, 0.6) is 0 Å². The van der Waals surface area contributed by atoms with Crippen molar-refractivity contribution < 1.29 is 0 Å². The minimum absolute atomic E-state index is 0.183. The maximum Gasteiger partial charge on any atom is 0.182 e. The van der Waals surface area contributed by atoms with E-state index in [0.717, 1.165) is 0 Å². The van der Waals surface area contributed by atoms with Crippen LogP contribution in [0, 0.1) is 0 Å². The third kappa shape index (κ3) is 1.41. The molecule has 2 saturated carbocycles. The van der Waals surface area contributed by atoms with E-state index in [2.05, 4.69) is 4.98 Å². The Balaban J connectivity index is 2.04. The zero-order chi connectivity index (χ0) is 8.84. The number of aromatic nitrogens is 1. The first-order valence-corrected chi connectivity index (χ1v) is 5.07. The maximum atomic E-state index is 11.4. The van der Waals surface area contributed by atoms with Gasteiger partial charge in [-0.05, 0) is 37.5 Å². The fraction of sp³-hybridized carbons (Fsp3) is 0.545. The summed E-state index contributed by atoms with van der Waals surface area (Å²) in [6.07, 6.45) is 5.02. The molecule has 0 amide bonds. The van der Waals surface area contributed by atoms with Gasteiger partial charge in [0.05, 0.1) is 0 Å². The minimum Gasteiger partial charge on any atom is -0.362 e. The molecule has 3 rings (SSSR count). The van der Waals surface area contributed by atoms with Crippen LogP contribution in [0.25, 0.3) is 0 Å². The summed E-state index contributed by atoms with van der Waals surface area (Å²) in [5, 5.41) is 0. The Hall–Kier alpha value is -1.05. The van der Waals surface area contributed by atoms with Crippen molar-refractivity contribution in [2.75, 3.05) is 0 Å². The van der Waals surface area contributed by atoms with Crippen LogP contribution in [-0.4, -0.2) is 4.98 Å². The molecule has 0 aliphatic heterocycles. The van der Waals surface area contributed by atoms with Crippen molar-refractivity contribution in [3.05, 3.63) is 33.7 Å². The molecule has 2 nitrogen and oxygen atoms in total. The summed E-state index contributed by atoms with van der Waals surface area (Å²) >= 11 is 0. The molecule has 0 radical (unpaired) electrons. The number of rotatable bonds is 2. The van der Waals surface area contributed by atoms with E-state index in [1.807, 2.05) is 0 Å². The lowest BCUT2D eigenvalue weighted by atomic mass is 10.2. The SMILES string of the molecule is O=c1cc(C2CC2)[nH]c(C2CC2)c1. The zero-order valence-electron chi connectivity index (χ0n) is 7.55. The quantitative estimate of drug-likeness (QED) is 0.733. The summed E-state index contributed by atoms with van der Waals surface area (Å²) in [6, 6.07) is 3.53. The predicted molar refractivity (Wildman–Crippen MR) is 51.0 cm³/mol. The van der Waals surface area contributed by atoms with Crippen LogP contribution in [-0.2, 0) is 0 Å². The van der Waals surface area contributed by atoms with Gasteiger partial charge in [-0.25, -0.2) is 0 Å². The first-order valence-electron chi connectivity index (χ1n) is 5.07. The molecule has 1 N–H and O–H groups in total. The maximum absolute atomic E-state index is 11.4. The molecule has 0 unspecified atom stereocenters. The van der Waals surface area contributed by atoms with Gasteiger partial charge in [0.1, 0.15) is 0 Å². The monoisotopic (exact) mass is 175 g/mol. The van der Waals surface area contributed by atoms with Crippen LogP contribution in [0.15, 0.2) is 16.9 Å². The van der Waals surface area contributed by atoms with E-state index in [0.29, 0.717) is 11.8 Å². The number of pyridine rings is 1. The minimum atomic E-state index is 0.183. The summed E-state index contributed by atoms with van der Waals surface area (Å²) < 4.78 is 0. The van der Waals surface area contributed by atoms with E-state index in [9.17, 15) is 4.79 Å². The van der Waals surface area contributed by atoms with E-state index in [-0.39, 0.29) is 5.43 Å². The van der Waals surface area contributed by atoms with Gasteiger partial charge in [-0.1, -0.05) is 0 Å². The van der Waals surface area contributed by atoms with Crippen molar-refractivity contribution in [2.45, 2.75) is 37.5 Å². The second kappa shape index (κ2) is 2.47. The molecule has 1 heterocycles. The number of aromatic amines is 1. The Morgan fingerprint density at radius 2 is 1.46 bits per heavy atom. The summed E-state index contributed by atoms with van der Waals surface area (Å²) in [5.74, 6) is 1.32. The van der Waals surface area contributed by atoms with Gasteiger partial charge in [0.15, 0.2) is 5.43 Å². The van der Waals surface area contributed by atoms with Crippen molar-refractivity contribution in [2.24, 2.45) is 0 Å². The molecule has 2 heteroatoms. The van der Waals surface area contributed by atoms with Crippen LogP contribution in [0.4, 0.5) is 0 Å². The highest BCUT2D eigenvalue weighted by Gasteiger charge is 2.28. The molecule has 1 aromatic rings. The largest absolute Gasteiger partial charge is 0.362 e. The van der Waals surface area contributed by atoms with E-state index < -0.39 is 0 Å². The molecule has 0 aromatic carbocycles. The number of hydrogen-bond donors (Lipinski definition) is 1. The van der Waals surface area contributed by atoms with E-state index in [1.165, 1.54) is 37.1 Å². The molecule has 1 aromatic heterocycles. The Morgan fingerprint density at radius 1 is 1.00 bits per heavy atom. The zero-order valence-corrected chi connectivity index (χ0v) is 7.55. The van der Waals surface area contributed by atoms with Crippen molar-refractivity contribution in [1.29, 1.82) is 0 Å². The van der Waals surface area contributed by atoms with Gasteiger partial charge in [0, 0.05) is 23.5 Å². The normalized spacial score (nSPS) is 21.8. The van der Waals surface area contributed by atoms with Gasteiger partial charge in [0.25, 0.3) is 0 Å². The molecular formula is C11H13NO. The molecule has 2 aliphatic rings. The molecular weight excluding hydrogens is 162 g/mol. The standard InChI is InChI=1S/C11H13NO/c13-9-5-10(7-1-2-7)12-11(6-9)8-3-4-8/h5-8H,1-4H2,(H,12,13). The van der Waals surface area contributed by atoms with Gasteiger partial charge >= 0.3 is 0 Å². The fourth-order valence-electron chi connectivity index (χ4n) is 1.82. The topological polar surface area (TPSA) is 32.9 Å². The molecule has 0 atom stereocenters. The van der Waals surface area contributed by atoms with Crippen molar-refractivity contribution in [3.8, 4) is 0 Å². The molecule has 2 fully saturated rings. The van der Waals surface area contributed by atoms with Gasteiger partial charge < -0.3 is 4.98 Å². The number of H-pyrrole nitrogens is 1. The van der Waals surface area contributed by atoms with Crippen molar-refractivity contribution >= 4 is 0 Å². The van der Waals surface area contributed by atoms with Crippen molar-refractivity contribution in [3.63, 3.8) is 0 Å². The van der Waals surface area contributed by atoms with E-state index in [4.69, 9.17) is 0 Å². The number of nitrogens with one attached hydrogen (secondary N) is 1. The Kier molecular flexibility index (Phi) is 1.40. The van der Waals surface area contributed by atoms with Gasteiger partial charge in [0.2, 0.25) is 0 Å². The molecule has 0 saturated heterocycles. The van der Waals surface area contributed by atoms with E-state index in [1.54, 1.807) is 12.1 Å². The number of hydrogen-bond acceptors (Lipinski definition) is 1. The van der Waals surface area contributed by atoms with Gasteiger partial charge in [-0.15, -0.1) is 0 Å². The molecule has 0 bridgehead atoms. The molecule has 2 aliphatic carbocycles. The van der Waals surface area contributed by atoms with Gasteiger partial charge in [-0.3, -0.25) is 4.79 Å². The second-order valence-corrected chi connectivity index (χ2v) is 4.28. The lowest BCUT2D eigenvalue weighted by Gasteiger charge is -2.02. The average Bonchev–Trinajstić information content (AvgIpc) is 2.98. The fourth-order valence-corrected chi connectivity index (χ4v) is 1.82. The van der Waals surface area contributed by atoms with Crippen LogP contribution >= 0.6 is 0 Å². The average molecular weight is 175 g/mol. The predicted octanol–water partition coefficient (Wildman–Crippen LogP) is 2.13. The summed E-state index contributed by atoms with van der Waals surface area (Å²) in [4.78, 5) is 14.8. The van der Waals surface area contributed by atoms with Crippen LogP contribution in [0.2, 0.25) is 0 Å². The Morgan fingerprint density at radius 3 is 1.85 bits per heavy atom. The lowest BCUT2D eigenvalue weighted by molar-refractivity contribution is 0.933. The Labute approximate surface area is 77.0 Å². The van der Waals surface area contributed by atoms with Crippen molar-refractivity contribution in [1.82, 2.24) is 4.98 Å².